The Balaban J connectivity index is 1.20. The number of aromatic nitrogens is 3. The molecule has 11 aromatic rings. The van der Waals surface area contributed by atoms with Crippen molar-refractivity contribution in [3.8, 4) is 33.6 Å². The predicted molar refractivity (Wildman–Crippen MR) is 225 cm³/mol. The molecule has 0 saturated heterocycles. The lowest BCUT2D eigenvalue weighted by molar-refractivity contribution is 0.715. The molecule has 3 heterocycles. The molecule has 3 aromatic heterocycles. The van der Waals surface area contributed by atoms with E-state index in [0.29, 0.717) is 0 Å². The van der Waals surface area contributed by atoms with Gasteiger partial charge in [0.1, 0.15) is 0 Å². The summed E-state index contributed by atoms with van der Waals surface area (Å²) in [6, 6.07) is 62.1. The van der Waals surface area contributed by atoms with E-state index in [1.54, 1.807) is 0 Å². The van der Waals surface area contributed by atoms with Gasteiger partial charge in [0.15, 0.2) is 5.82 Å². The summed E-state index contributed by atoms with van der Waals surface area (Å²) in [6.07, 6.45) is 1.91. The summed E-state index contributed by atoms with van der Waals surface area (Å²) in [5.41, 5.74) is 14.8. The number of rotatable bonds is 3. The molecule has 3 heteroatoms. The highest BCUT2D eigenvalue weighted by Gasteiger charge is 2.32. The van der Waals surface area contributed by atoms with Crippen molar-refractivity contribution in [1.82, 2.24) is 14.4 Å². The Morgan fingerprint density at radius 3 is 2.17 bits per heavy atom. The molecule has 3 nitrogen and oxygen atoms in total. The van der Waals surface area contributed by atoms with E-state index in [-0.39, 0.29) is 5.92 Å². The van der Waals surface area contributed by atoms with Crippen LogP contribution in [0.5, 0.6) is 0 Å². The Kier molecular flexibility index (Phi) is 6.23. The smallest absolute Gasteiger partial charge is 0.160 e. The van der Waals surface area contributed by atoms with Gasteiger partial charge < -0.3 is 4.40 Å². The SMILES string of the molecule is c1ccc(-c2ccc3c4cc5c(c6c7ccccc7n(c3c2)c46)C(c2nc(-c3ccc4ccccc4c3)nc3ccccc23)CCc2ccccc2-5)cc1. The zero-order chi connectivity index (χ0) is 35.3. The molecule has 0 spiro atoms. The molecule has 0 bridgehead atoms. The topological polar surface area (TPSA) is 30.2 Å². The molecule has 12 rings (SSSR count). The molecule has 8 aromatic carbocycles. The largest absolute Gasteiger partial charge is 0.308 e. The van der Waals surface area contributed by atoms with Crippen molar-refractivity contribution < 1.29 is 0 Å². The maximum absolute atomic E-state index is 5.60. The molecule has 1 unspecified atom stereocenters. The maximum Gasteiger partial charge on any atom is 0.160 e. The normalized spacial score (nSPS) is 14.3. The Bertz CT molecular complexity index is 3280. The monoisotopic (exact) mass is 687 g/mol. The van der Waals surface area contributed by atoms with Gasteiger partial charge in [-0.3, -0.25) is 0 Å². The lowest BCUT2D eigenvalue weighted by Gasteiger charge is -2.22. The highest BCUT2D eigenvalue weighted by atomic mass is 14.9. The van der Waals surface area contributed by atoms with E-state index < -0.39 is 0 Å². The van der Waals surface area contributed by atoms with Gasteiger partial charge in [-0.2, -0.15) is 0 Å². The van der Waals surface area contributed by atoms with E-state index >= 15 is 0 Å². The van der Waals surface area contributed by atoms with Crippen LogP contribution >= 0.6 is 0 Å². The molecular formula is C51H33N3. The van der Waals surface area contributed by atoms with Crippen LogP contribution in [0.3, 0.4) is 0 Å². The first-order valence-electron chi connectivity index (χ1n) is 18.9. The molecule has 0 N–H and O–H groups in total. The van der Waals surface area contributed by atoms with Crippen LogP contribution in [-0.2, 0) is 6.42 Å². The predicted octanol–water partition coefficient (Wildman–Crippen LogP) is 13.0. The van der Waals surface area contributed by atoms with Gasteiger partial charge in [-0.05, 0) is 87.3 Å². The summed E-state index contributed by atoms with van der Waals surface area (Å²) in [6.45, 7) is 0. The molecule has 54 heavy (non-hydrogen) atoms. The molecule has 252 valence electrons. The van der Waals surface area contributed by atoms with Gasteiger partial charge in [-0.15, -0.1) is 0 Å². The second kappa shape index (κ2) is 11.3. The summed E-state index contributed by atoms with van der Waals surface area (Å²) in [7, 11) is 0. The summed E-state index contributed by atoms with van der Waals surface area (Å²) in [4.78, 5) is 10.8. The average molecular weight is 688 g/mol. The average Bonchev–Trinajstić information content (AvgIpc) is 3.69. The highest BCUT2D eigenvalue weighted by molar-refractivity contribution is 6.26. The Hall–Kier alpha value is -6.84. The van der Waals surface area contributed by atoms with Gasteiger partial charge in [0.25, 0.3) is 0 Å². The first-order valence-corrected chi connectivity index (χ1v) is 18.9. The Morgan fingerprint density at radius 1 is 0.481 bits per heavy atom. The van der Waals surface area contributed by atoms with Crippen LogP contribution in [0, 0.1) is 0 Å². The van der Waals surface area contributed by atoms with E-state index in [2.05, 4.69) is 174 Å². The third-order valence-corrected chi connectivity index (χ3v) is 11.9. The zero-order valence-electron chi connectivity index (χ0n) is 29.5. The van der Waals surface area contributed by atoms with Crippen LogP contribution in [0.25, 0.3) is 93.4 Å². The maximum atomic E-state index is 5.60. The molecule has 0 saturated carbocycles. The molecular weight excluding hydrogens is 655 g/mol. The van der Waals surface area contributed by atoms with E-state index in [1.807, 2.05) is 0 Å². The molecule has 0 fully saturated rings. The highest BCUT2D eigenvalue weighted by Crippen LogP contribution is 2.51. The summed E-state index contributed by atoms with van der Waals surface area (Å²) >= 11 is 0. The minimum absolute atomic E-state index is 0.0383. The minimum Gasteiger partial charge on any atom is -0.308 e. The van der Waals surface area contributed by atoms with Crippen molar-refractivity contribution in [2.24, 2.45) is 0 Å². The van der Waals surface area contributed by atoms with Crippen LogP contribution in [0.2, 0.25) is 0 Å². The zero-order valence-corrected chi connectivity index (χ0v) is 29.5. The van der Waals surface area contributed by atoms with E-state index in [1.165, 1.54) is 82.2 Å². The second-order valence-electron chi connectivity index (χ2n) is 14.8. The van der Waals surface area contributed by atoms with Crippen molar-refractivity contribution in [2.45, 2.75) is 18.8 Å². The number of hydrogen-bond donors (Lipinski definition) is 0. The van der Waals surface area contributed by atoms with Crippen LogP contribution in [0.15, 0.2) is 170 Å². The number of para-hydroxylation sites is 2. The van der Waals surface area contributed by atoms with Crippen LogP contribution in [0.4, 0.5) is 0 Å². The van der Waals surface area contributed by atoms with Crippen molar-refractivity contribution in [1.29, 1.82) is 0 Å². The van der Waals surface area contributed by atoms with Gasteiger partial charge >= 0.3 is 0 Å². The van der Waals surface area contributed by atoms with Gasteiger partial charge in [0, 0.05) is 38.4 Å². The standard InChI is InChI=1S/C51H33N3/c1-2-12-31(13-3-1)35-25-26-38-43-30-42-37-17-7-6-15-33(37)24-27-41(47(42)48-40-19-9-11-21-45(40)54(50(43)48)46(38)29-35)49-39-18-8-10-20-44(39)52-51(53-49)36-23-22-32-14-4-5-16-34(32)28-36/h1-23,25-26,28-30,41H,24,27H2. The van der Waals surface area contributed by atoms with Crippen molar-refractivity contribution in [2.75, 3.05) is 0 Å². The summed E-state index contributed by atoms with van der Waals surface area (Å²) in [5.74, 6) is 0.814. The Morgan fingerprint density at radius 2 is 1.24 bits per heavy atom. The fraction of sp³-hybridized carbons (Fsp3) is 0.0588. The molecule has 1 atom stereocenters. The second-order valence-corrected chi connectivity index (χ2v) is 14.8. The van der Waals surface area contributed by atoms with Gasteiger partial charge in [-0.1, -0.05) is 140 Å². The molecule has 0 amide bonds. The van der Waals surface area contributed by atoms with Crippen LogP contribution in [0.1, 0.15) is 29.2 Å². The van der Waals surface area contributed by atoms with E-state index in [4.69, 9.17) is 9.97 Å². The van der Waals surface area contributed by atoms with E-state index in [9.17, 15) is 0 Å². The molecule has 0 radical (unpaired) electrons. The minimum atomic E-state index is 0.0383. The lowest BCUT2D eigenvalue weighted by Crippen LogP contribution is -2.08. The van der Waals surface area contributed by atoms with Crippen LogP contribution < -0.4 is 0 Å². The number of nitrogens with zero attached hydrogens (tertiary/aromatic N) is 3. The van der Waals surface area contributed by atoms with Gasteiger partial charge in [0.2, 0.25) is 0 Å². The fourth-order valence-electron chi connectivity index (χ4n) is 9.53. The number of benzene rings is 8. The first-order chi connectivity index (χ1) is 26.8. The molecule has 0 aliphatic heterocycles. The van der Waals surface area contributed by atoms with Crippen molar-refractivity contribution >= 4 is 59.8 Å². The van der Waals surface area contributed by atoms with Crippen molar-refractivity contribution in [3.63, 3.8) is 0 Å². The van der Waals surface area contributed by atoms with Crippen LogP contribution in [-0.4, -0.2) is 14.4 Å². The number of fused-ring (bicyclic) bond motifs is 12. The molecule has 1 aliphatic rings. The Labute approximate surface area is 312 Å². The number of aryl methyl sites for hydroxylation is 1. The quantitative estimate of drug-likeness (QED) is 0.185. The van der Waals surface area contributed by atoms with Crippen molar-refractivity contribution in [3.05, 3.63) is 187 Å². The summed E-state index contributed by atoms with van der Waals surface area (Å²) < 4.78 is 2.54. The number of hydrogen-bond acceptors (Lipinski definition) is 2. The van der Waals surface area contributed by atoms with E-state index in [0.717, 1.165) is 40.8 Å². The molecule has 1 aliphatic carbocycles. The third-order valence-electron chi connectivity index (χ3n) is 11.9. The van der Waals surface area contributed by atoms with Gasteiger partial charge in [-0.25, -0.2) is 9.97 Å². The van der Waals surface area contributed by atoms with Gasteiger partial charge in [0.05, 0.1) is 27.8 Å². The third kappa shape index (κ3) is 4.24. The lowest BCUT2D eigenvalue weighted by atomic mass is 9.83. The summed E-state index contributed by atoms with van der Waals surface area (Å²) in [5, 5.41) is 8.75. The first kappa shape index (κ1) is 29.7. The fourth-order valence-corrected chi connectivity index (χ4v) is 9.53.